The molecule has 0 aromatic carbocycles. The van der Waals surface area contributed by atoms with Gasteiger partial charge in [0, 0.05) is 6.61 Å². The van der Waals surface area contributed by atoms with Crippen LogP contribution in [0.3, 0.4) is 0 Å². The highest BCUT2D eigenvalue weighted by atomic mass is 19.4. The molecule has 0 saturated heterocycles. The van der Waals surface area contributed by atoms with Crippen molar-refractivity contribution >= 4 is 5.69 Å². The minimum atomic E-state index is -4.66. The van der Waals surface area contributed by atoms with Crippen molar-refractivity contribution in [2.24, 2.45) is 5.18 Å². The van der Waals surface area contributed by atoms with Crippen LogP contribution in [-0.2, 0) is 10.9 Å². The third-order valence-electron chi connectivity index (χ3n) is 2.93. The van der Waals surface area contributed by atoms with Gasteiger partial charge in [0.15, 0.2) is 11.4 Å². The first-order valence-corrected chi connectivity index (χ1v) is 5.57. The SMILES string of the molecule is CCOC1CC(n2cc(N=O)c(C(F)(F)F)n2)C1. The minimum absolute atomic E-state index is 0.0613. The van der Waals surface area contributed by atoms with Crippen LogP contribution in [0.4, 0.5) is 18.9 Å². The lowest BCUT2D eigenvalue weighted by Gasteiger charge is -2.34. The summed E-state index contributed by atoms with van der Waals surface area (Å²) in [6, 6.07) is -0.154. The Labute approximate surface area is 101 Å². The quantitative estimate of drug-likeness (QED) is 0.784. The largest absolute Gasteiger partial charge is 0.437 e. The zero-order valence-corrected chi connectivity index (χ0v) is 9.65. The molecule has 8 heteroatoms. The van der Waals surface area contributed by atoms with E-state index in [0.29, 0.717) is 19.4 Å². The summed E-state index contributed by atoms with van der Waals surface area (Å²) >= 11 is 0. The molecule has 5 nitrogen and oxygen atoms in total. The number of nitrogens with zero attached hydrogens (tertiary/aromatic N) is 3. The Hall–Kier alpha value is -1.44. The zero-order chi connectivity index (χ0) is 13.3. The summed E-state index contributed by atoms with van der Waals surface area (Å²) < 4.78 is 44.1. The second kappa shape index (κ2) is 4.68. The molecule has 0 aliphatic heterocycles. The summed E-state index contributed by atoms with van der Waals surface area (Å²) in [7, 11) is 0. The van der Waals surface area contributed by atoms with Crippen LogP contribution < -0.4 is 0 Å². The zero-order valence-electron chi connectivity index (χ0n) is 9.65. The van der Waals surface area contributed by atoms with Crippen LogP contribution in [0.15, 0.2) is 11.4 Å². The van der Waals surface area contributed by atoms with Crippen molar-refractivity contribution < 1.29 is 17.9 Å². The lowest BCUT2D eigenvalue weighted by molar-refractivity contribution is -0.141. The Morgan fingerprint density at radius 3 is 2.67 bits per heavy atom. The van der Waals surface area contributed by atoms with Crippen molar-refractivity contribution in [3.63, 3.8) is 0 Å². The van der Waals surface area contributed by atoms with Gasteiger partial charge < -0.3 is 4.74 Å². The molecule has 0 spiro atoms. The number of aromatic nitrogens is 2. The topological polar surface area (TPSA) is 56.5 Å². The highest BCUT2D eigenvalue weighted by Crippen LogP contribution is 2.39. The van der Waals surface area contributed by atoms with E-state index >= 15 is 0 Å². The summed E-state index contributed by atoms with van der Waals surface area (Å²) in [5, 5.41) is 5.78. The van der Waals surface area contributed by atoms with Gasteiger partial charge in [-0.05, 0) is 24.9 Å². The summed E-state index contributed by atoms with van der Waals surface area (Å²) in [6.07, 6.45) is -2.35. The number of nitroso groups, excluding NO2 is 1. The Kier molecular flexibility index (Phi) is 3.38. The van der Waals surface area contributed by atoms with E-state index in [-0.39, 0.29) is 12.1 Å². The third kappa shape index (κ3) is 2.38. The fourth-order valence-corrected chi connectivity index (χ4v) is 1.96. The molecule has 0 N–H and O–H groups in total. The van der Waals surface area contributed by atoms with Crippen LogP contribution >= 0.6 is 0 Å². The molecule has 0 atom stereocenters. The highest BCUT2D eigenvalue weighted by Gasteiger charge is 2.40. The second-order valence-corrected chi connectivity index (χ2v) is 4.13. The maximum absolute atomic E-state index is 12.5. The molecule has 0 bridgehead atoms. The number of halogens is 3. The van der Waals surface area contributed by atoms with Crippen LogP contribution in [0.25, 0.3) is 0 Å². The van der Waals surface area contributed by atoms with Crippen molar-refractivity contribution in [2.45, 2.75) is 38.1 Å². The molecule has 0 unspecified atom stereocenters. The van der Waals surface area contributed by atoms with E-state index in [0.717, 1.165) is 10.9 Å². The minimum Gasteiger partial charge on any atom is -0.378 e. The van der Waals surface area contributed by atoms with Gasteiger partial charge in [0.05, 0.1) is 18.3 Å². The molecule has 1 aliphatic carbocycles. The Bertz CT molecular complexity index is 438. The van der Waals surface area contributed by atoms with E-state index in [9.17, 15) is 18.1 Å². The number of alkyl halides is 3. The fourth-order valence-electron chi connectivity index (χ4n) is 1.96. The van der Waals surface area contributed by atoms with Crippen molar-refractivity contribution in [3.05, 3.63) is 16.8 Å². The Morgan fingerprint density at radius 1 is 1.56 bits per heavy atom. The maximum Gasteiger partial charge on any atom is 0.437 e. The smallest absolute Gasteiger partial charge is 0.378 e. The van der Waals surface area contributed by atoms with Gasteiger partial charge in [0.25, 0.3) is 0 Å². The molecule has 0 amide bonds. The standard InChI is InChI=1S/C10H12F3N3O2/c1-2-18-7-3-6(4-7)16-5-8(15-17)9(14-16)10(11,12)13/h5-7H,2-4H2,1H3. The van der Waals surface area contributed by atoms with E-state index in [4.69, 9.17) is 4.74 Å². The van der Waals surface area contributed by atoms with Crippen molar-refractivity contribution in [1.29, 1.82) is 0 Å². The Morgan fingerprint density at radius 2 is 2.22 bits per heavy atom. The predicted octanol–water partition coefficient (Wildman–Crippen LogP) is 3.04. The summed E-state index contributed by atoms with van der Waals surface area (Å²) in [6.45, 7) is 2.43. The van der Waals surface area contributed by atoms with Crippen molar-refractivity contribution in [2.75, 3.05) is 6.61 Å². The van der Waals surface area contributed by atoms with Gasteiger partial charge in [-0.15, -0.1) is 4.91 Å². The lowest BCUT2D eigenvalue weighted by atomic mass is 9.89. The van der Waals surface area contributed by atoms with E-state index in [1.54, 1.807) is 0 Å². The van der Waals surface area contributed by atoms with Crippen molar-refractivity contribution in [1.82, 2.24) is 9.78 Å². The molecule has 0 radical (unpaired) electrons. The maximum atomic E-state index is 12.5. The van der Waals surface area contributed by atoms with Gasteiger partial charge >= 0.3 is 6.18 Å². The van der Waals surface area contributed by atoms with Crippen molar-refractivity contribution in [3.8, 4) is 0 Å². The molecule has 1 heterocycles. The molecular weight excluding hydrogens is 251 g/mol. The summed E-state index contributed by atoms with van der Waals surface area (Å²) in [4.78, 5) is 10.4. The number of rotatable bonds is 4. The van der Waals surface area contributed by atoms with Gasteiger partial charge in [-0.2, -0.15) is 18.3 Å². The molecule has 1 fully saturated rings. The van der Waals surface area contributed by atoms with Gasteiger partial charge in [-0.3, -0.25) is 4.68 Å². The van der Waals surface area contributed by atoms with E-state index in [2.05, 4.69) is 10.3 Å². The third-order valence-corrected chi connectivity index (χ3v) is 2.93. The monoisotopic (exact) mass is 263 g/mol. The summed E-state index contributed by atoms with van der Waals surface area (Å²) in [5.41, 5.74) is -1.89. The fraction of sp³-hybridized carbons (Fsp3) is 0.700. The van der Waals surface area contributed by atoms with Gasteiger partial charge in [0.2, 0.25) is 0 Å². The molecule has 1 aromatic heterocycles. The molecule has 1 aliphatic rings. The first-order chi connectivity index (χ1) is 8.45. The summed E-state index contributed by atoms with van der Waals surface area (Å²) in [5.74, 6) is 0. The van der Waals surface area contributed by atoms with E-state index < -0.39 is 17.6 Å². The van der Waals surface area contributed by atoms with Crippen LogP contribution in [0.1, 0.15) is 31.5 Å². The van der Waals surface area contributed by atoms with Gasteiger partial charge in [-0.1, -0.05) is 0 Å². The van der Waals surface area contributed by atoms with Crippen LogP contribution in [-0.4, -0.2) is 22.5 Å². The van der Waals surface area contributed by atoms with E-state index in [1.165, 1.54) is 0 Å². The molecule has 1 saturated carbocycles. The normalized spacial score (nSPS) is 23.8. The predicted molar refractivity (Wildman–Crippen MR) is 56.4 cm³/mol. The lowest BCUT2D eigenvalue weighted by Crippen LogP contribution is -2.33. The molecule has 1 aromatic rings. The average Bonchev–Trinajstić information content (AvgIpc) is 2.65. The molecular formula is C10H12F3N3O2. The van der Waals surface area contributed by atoms with Crippen LogP contribution in [0.5, 0.6) is 0 Å². The van der Waals surface area contributed by atoms with Gasteiger partial charge in [-0.25, -0.2) is 0 Å². The molecule has 2 rings (SSSR count). The van der Waals surface area contributed by atoms with Gasteiger partial charge in [0.1, 0.15) is 0 Å². The highest BCUT2D eigenvalue weighted by molar-refractivity contribution is 5.41. The average molecular weight is 263 g/mol. The second-order valence-electron chi connectivity index (χ2n) is 4.13. The first-order valence-electron chi connectivity index (χ1n) is 5.57. The molecule has 100 valence electrons. The first kappa shape index (κ1) is 13.0. The van der Waals surface area contributed by atoms with Crippen LogP contribution in [0.2, 0.25) is 0 Å². The number of hydrogen-bond donors (Lipinski definition) is 0. The molecule has 18 heavy (non-hydrogen) atoms. The number of ether oxygens (including phenoxy) is 1. The Balaban J connectivity index is 2.12. The van der Waals surface area contributed by atoms with Crippen LogP contribution in [0, 0.1) is 4.91 Å². The van der Waals surface area contributed by atoms with E-state index in [1.807, 2.05) is 6.92 Å². The number of hydrogen-bond acceptors (Lipinski definition) is 4.